The van der Waals surface area contributed by atoms with Gasteiger partial charge in [0.15, 0.2) is 0 Å². The summed E-state index contributed by atoms with van der Waals surface area (Å²) in [6.45, 7) is 4.71. The Morgan fingerprint density at radius 1 is 0.422 bits per heavy atom. The third kappa shape index (κ3) is 66.8. The zero-order valence-corrected chi connectivity index (χ0v) is 56.1. The summed E-state index contributed by atoms with van der Waals surface area (Å²) in [5.74, 6) is -0.192. The van der Waals surface area contributed by atoms with Crippen molar-refractivity contribution in [3.63, 3.8) is 0 Å². The number of carbonyl (C=O) groups is 1. The van der Waals surface area contributed by atoms with Crippen LogP contribution in [0, 0.1) is 0 Å². The first-order valence-corrected chi connectivity index (χ1v) is 36.6. The van der Waals surface area contributed by atoms with E-state index in [9.17, 15) is 19.4 Å². The summed E-state index contributed by atoms with van der Waals surface area (Å²) in [4.78, 5) is 23.4. The van der Waals surface area contributed by atoms with Gasteiger partial charge in [0.25, 0.3) is 0 Å². The van der Waals surface area contributed by atoms with E-state index in [0.717, 1.165) is 83.5 Å². The van der Waals surface area contributed by atoms with Crippen LogP contribution in [-0.4, -0.2) is 73.4 Å². The molecular weight excluding hydrogens is 1040 g/mol. The van der Waals surface area contributed by atoms with Crippen molar-refractivity contribution in [1.29, 1.82) is 0 Å². The van der Waals surface area contributed by atoms with Gasteiger partial charge in [-0.2, -0.15) is 0 Å². The summed E-state index contributed by atoms with van der Waals surface area (Å²) in [7, 11) is 1.55. The zero-order chi connectivity index (χ0) is 60.5. The highest BCUT2D eigenvalue weighted by molar-refractivity contribution is 7.47. The average Bonchev–Trinajstić information content (AvgIpc) is 3.50. The van der Waals surface area contributed by atoms with Gasteiger partial charge in [0.1, 0.15) is 13.2 Å². The molecule has 0 rings (SSSR count). The van der Waals surface area contributed by atoms with Crippen molar-refractivity contribution in [3.05, 3.63) is 97.2 Å². The van der Waals surface area contributed by atoms with Crippen molar-refractivity contribution >= 4 is 13.7 Å². The third-order valence-corrected chi connectivity index (χ3v) is 16.5. The van der Waals surface area contributed by atoms with E-state index >= 15 is 0 Å². The number of hydrogen-bond donors (Lipinski definition) is 3. The first-order chi connectivity index (χ1) is 40.5. The lowest BCUT2D eigenvalue weighted by molar-refractivity contribution is -0.870. The van der Waals surface area contributed by atoms with Crippen LogP contribution in [0.25, 0.3) is 0 Å². The highest BCUT2D eigenvalue weighted by Crippen LogP contribution is 2.43. The molecule has 0 fully saturated rings. The maximum absolute atomic E-state index is 13.0. The lowest BCUT2D eigenvalue weighted by Crippen LogP contribution is -2.45. The van der Waals surface area contributed by atoms with Crippen LogP contribution in [0.1, 0.15) is 316 Å². The lowest BCUT2D eigenvalue weighted by Gasteiger charge is -2.25. The van der Waals surface area contributed by atoms with Crippen LogP contribution >= 0.6 is 7.82 Å². The number of phosphoric ester groups is 1. The summed E-state index contributed by atoms with van der Waals surface area (Å²) in [5, 5.41) is 14.0. The Morgan fingerprint density at radius 3 is 1.11 bits per heavy atom. The van der Waals surface area contributed by atoms with Crippen molar-refractivity contribution < 1.29 is 32.9 Å². The average molecular weight is 1180 g/mol. The first-order valence-electron chi connectivity index (χ1n) is 35.1. The van der Waals surface area contributed by atoms with Crippen LogP contribution in [0.2, 0.25) is 0 Å². The van der Waals surface area contributed by atoms with E-state index in [1.54, 1.807) is 6.08 Å². The van der Waals surface area contributed by atoms with E-state index in [1.807, 2.05) is 27.2 Å². The standard InChI is InChI=1S/C74H135N2O6P/c1-6-8-10-12-14-16-18-20-22-24-26-28-30-32-34-36-37-38-40-41-43-45-47-49-51-53-55-57-59-61-63-65-67-73(77)72(71-82-83(79,80)81-70-69-76(3,4)5)75-74(78)68-66-64-62-60-58-56-54-52-50-48-46-44-42-39-35-33-31-29-27-25-23-21-19-17-15-13-11-9-7-2/h9,11,15,17,21,23,27,29,33,35,42,44,57,59,65,67,72-73,77H,6-8,10,12-14,16,18-20,22,24-26,28,30-32,34,36-41,43,45-56,58,60-64,66,68-71H2,1-5H3,(H-,75,78,79,80)/p+1/b11-9-,17-15-,23-21-,29-27-,35-33-,44-42-,59-57+,67-65+. The third-order valence-electron chi connectivity index (χ3n) is 15.5. The molecule has 3 unspecified atom stereocenters. The topological polar surface area (TPSA) is 105 Å². The number of aliphatic hydroxyl groups excluding tert-OH is 1. The second kappa shape index (κ2) is 63.9. The highest BCUT2D eigenvalue weighted by atomic mass is 31.2. The number of amides is 1. The number of nitrogens with one attached hydrogen (secondary N) is 1. The van der Waals surface area contributed by atoms with Crippen LogP contribution in [0.3, 0.4) is 0 Å². The molecule has 0 aliphatic heterocycles. The summed E-state index contributed by atoms with van der Waals surface area (Å²) in [6.07, 6.45) is 92.7. The van der Waals surface area contributed by atoms with Gasteiger partial charge in [-0.3, -0.25) is 13.8 Å². The monoisotopic (exact) mass is 1180 g/mol. The predicted molar refractivity (Wildman–Crippen MR) is 364 cm³/mol. The van der Waals surface area contributed by atoms with E-state index in [-0.39, 0.29) is 19.1 Å². The number of unbranched alkanes of at least 4 members (excludes halogenated alkanes) is 37. The number of phosphoric acid groups is 1. The Morgan fingerprint density at radius 2 is 0.735 bits per heavy atom. The van der Waals surface area contributed by atoms with Crippen molar-refractivity contribution in [3.8, 4) is 0 Å². The van der Waals surface area contributed by atoms with Gasteiger partial charge in [-0.05, 0) is 83.5 Å². The number of likely N-dealkylation sites (N-methyl/N-ethyl adjacent to an activating group) is 1. The maximum atomic E-state index is 13.0. The van der Waals surface area contributed by atoms with Gasteiger partial charge in [0.05, 0.1) is 39.9 Å². The Balaban J connectivity index is 4.14. The normalized spacial score (nSPS) is 14.3. The number of quaternary nitrogens is 1. The molecule has 0 aromatic carbocycles. The quantitative estimate of drug-likeness (QED) is 0.0243. The molecule has 0 aliphatic carbocycles. The van der Waals surface area contributed by atoms with Crippen molar-refractivity contribution in [1.82, 2.24) is 5.32 Å². The minimum absolute atomic E-state index is 0.0513. The largest absolute Gasteiger partial charge is 0.472 e. The molecule has 1 amide bonds. The summed E-state index contributed by atoms with van der Waals surface area (Å²) in [5.41, 5.74) is 0. The van der Waals surface area contributed by atoms with Crippen molar-refractivity contribution in [2.24, 2.45) is 0 Å². The molecule has 9 heteroatoms. The Bertz CT molecular complexity index is 1670. The SMILES string of the molecule is CC/C=C\C/C=C\C/C=C\C/C=C\C/C=C\C/C=C\CCCCCCCCCCCCC(=O)NC(COP(=O)(O)OCC[N+](C)(C)C)C(O)/C=C/CC/C=C/CCCCCCCCCCCCCCCCCCCCCCCCCCCC. The number of allylic oxidation sites excluding steroid dienone is 15. The molecule has 0 spiro atoms. The first kappa shape index (κ1) is 80.4. The molecule has 0 saturated carbocycles. The Kier molecular flexibility index (Phi) is 61.9. The van der Waals surface area contributed by atoms with Crippen molar-refractivity contribution in [2.75, 3.05) is 40.9 Å². The molecule has 0 saturated heterocycles. The second-order valence-electron chi connectivity index (χ2n) is 24.9. The minimum atomic E-state index is -4.37. The lowest BCUT2D eigenvalue weighted by atomic mass is 10.0. The zero-order valence-electron chi connectivity index (χ0n) is 55.2. The molecule has 0 aliphatic rings. The van der Waals surface area contributed by atoms with Gasteiger partial charge in [-0.25, -0.2) is 4.57 Å². The van der Waals surface area contributed by atoms with Gasteiger partial charge in [-0.1, -0.05) is 323 Å². The van der Waals surface area contributed by atoms with E-state index in [0.29, 0.717) is 17.4 Å². The van der Waals surface area contributed by atoms with Crippen LogP contribution in [0.15, 0.2) is 97.2 Å². The van der Waals surface area contributed by atoms with Crippen LogP contribution in [0.4, 0.5) is 0 Å². The van der Waals surface area contributed by atoms with Gasteiger partial charge in [0, 0.05) is 6.42 Å². The second-order valence-corrected chi connectivity index (χ2v) is 26.3. The van der Waals surface area contributed by atoms with Gasteiger partial charge in [-0.15, -0.1) is 0 Å². The number of aliphatic hydroxyl groups is 1. The molecule has 0 radical (unpaired) electrons. The van der Waals surface area contributed by atoms with E-state index in [4.69, 9.17) is 9.05 Å². The maximum Gasteiger partial charge on any atom is 0.472 e. The fraction of sp³-hybridized carbons (Fsp3) is 0.770. The Labute approximate surface area is 515 Å². The Hall–Kier alpha value is -2.58. The number of carbonyl (C=O) groups excluding carboxylic acids is 1. The smallest absolute Gasteiger partial charge is 0.387 e. The summed E-state index contributed by atoms with van der Waals surface area (Å²) >= 11 is 0. The number of nitrogens with zero attached hydrogens (tertiary/aromatic N) is 1. The molecule has 0 bridgehead atoms. The summed E-state index contributed by atoms with van der Waals surface area (Å²) < 4.78 is 23.8. The van der Waals surface area contributed by atoms with Crippen LogP contribution < -0.4 is 5.32 Å². The van der Waals surface area contributed by atoms with Gasteiger partial charge in [0.2, 0.25) is 5.91 Å². The summed E-state index contributed by atoms with van der Waals surface area (Å²) in [6, 6.07) is -0.874. The number of rotatable bonds is 64. The van der Waals surface area contributed by atoms with E-state index in [2.05, 4.69) is 104 Å². The molecule has 0 aromatic rings. The van der Waals surface area contributed by atoms with Gasteiger partial charge >= 0.3 is 7.82 Å². The molecule has 8 nitrogen and oxygen atoms in total. The molecule has 83 heavy (non-hydrogen) atoms. The van der Waals surface area contributed by atoms with Gasteiger partial charge < -0.3 is 19.8 Å². The fourth-order valence-corrected chi connectivity index (χ4v) is 10.9. The van der Waals surface area contributed by atoms with Crippen LogP contribution in [-0.2, 0) is 18.4 Å². The molecule has 3 N–H and O–H groups in total. The van der Waals surface area contributed by atoms with E-state index < -0.39 is 20.0 Å². The molecule has 3 atom stereocenters. The van der Waals surface area contributed by atoms with E-state index in [1.165, 1.54) is 212 Å². The fourth-order valence-electron chi connectivity index (χ4n) is 10.1. The van der Waals surface area contributed by atoms with Crippen molar-refractivity contribution in [2.45, 2.75) is 328 Å². The molecule has 0 heterocycles. The molecular formula is C74H136N2O6P+. The highest BCUT2D eigenvalue weighted by Gasteiger charge is 2.28. The predicted octanol–water partition coefficient (Wildman–Crippen LogP) is 22.5. The molecule has 482 valence electrons. The molecule has 0 aromatic heterocycles. The minimum Gasteiger partial charge on any atom is -0.387 e. The van der Waals surface area contributed by atoms with Crippen LogP contribution in [0.5, 0.6) is 0 Å². The number of hydrogen-bond acceptors (Lipinski definition) is 5.